The minimum Gasteiger partial charge on any atom is -0.496 e. The van der Waals surface area contributed by atoms with Crippen LogP contribution in [0.1, 0.15) is 18.1 Å². The second kappa shape index (κ2) is 5.81. The van der Waals surface area contributed by atoms with Crippen LogP contribution in [0.25, 0.3) is 0 Å². The van der Waals surface area contributed by atoms with Gasteiger partial charge in [0.1, 0.15) is 11.6 Å². The molecule has 0 radical (unpaired) electrons. The minimum absolute atomic E-state index is 0.352. The van der Waals surface area contributed by atoms with E-state index in [4.69, 9.17) is 22.1 Å². The fourth-order valence-electron chi connectivity index (χ4n) is 2.27. The highest BCUT2D eigenvalue weighted by atomic mass is 35.5. The maximum Gasteiger partial charge on any atom is 0.124 e. The molecule has 0 bridgehead atoms. The van der Waals surface area contributed by atoms with Gasteiger partial charge in [0, 0.05) is 16.1 Å². The number of benzene rings is 2. The largest absolute Gasteiger partial charge is 0.496 e. The van der Waals surface area contributed by atoms with E-state index in [1.54, 1.807) is 13.2 Å². The number of hydrogen-bond acceptors (Lipinski definition) is 2. The Balaban J connectivity index is 2.35. The number of ether oxygens (including phenoxy) is 1. The van der Waals surface area contributed by atoms with Crippen LogP contribution >= 0.6 is 11.6 Å². The molecule has 0 saturated heterocycles. The first-order valence-corrected chi connectivity index (χ1v) is 6.68. The molecule has 2 rings (SSSR count). The molecule has 4 heteroatoms. The normalized spacial score (nSPS) is 13.8. The zero-order valence-electron chi connectivity index (χ0n) is 11.5. The third-order valence-corrected chi connectivity index (χ3v) is 3.65. The van der Waals surface area contributed by atoms with E-state index >= 15 is 0 Å². The van der Waals surface area contributed by atoms with E-state index in [9.17, 15) is 4.39 Å². The molecule has 2 nitrogen and oxygen atoms in total. The topological polar surface area (TPSA) is 35.2 Å². The van der Waals surface area contributed by atoms with Crippen LogP contribution in [0, 0.1) is 5.82 Å². The van der Waals surface area contributed by atoms with Crippen molar-refractivity contribution < 1.29 is 9.13 Å². The molecule has 0 aromatic heterocycles. The molecule has 0 amide bonds. The highest BCUT2D eigenvalue weighted by Crippen LogP contribution is 2.32. The average molecular weight is 294 g/mol. The Morgan fingerprint density at radius 2 is 1.95 bits per heavy atom. The summed E-state index contributed by atoms with van der Waals surface area (Å²) < 4.78 is 18.4. The van der Waals surface area contributed by atoms with E-state index in [-0.39, 0.29) is 5.82 Å². The van der Waals surface area contributed by atoms with Crippen LogP contribution in [-0.2, 0) is 12.0 Å². The van der Waals surface area contributed by atoms with Gasteiger partial charge in [0.05, 0.1) is 7.11 Å². The molecule has 0 aliphatic carbocycles. The van der Waals surface area contributed by atoms with Crippen molar-refractivity contribution in [2.75, 3.05) is 7.11 Å². The molecule has 0 aliphatic rings. The van der Waals surface area contributed by atoms with Crippen molar-refractivity contribution in [2.45, 2.75) is 18.9 Å². The van der Waals surface area contributed by atoms with E-state index in [1.165, 1.54) is 12.1 Å². The second-order valence-electron chi connectivity index (χ2n) is 5.03. The summed E-state index contributed by atoms with van der Waals surface area (Å²) in [5.41, 5.74) is 7.46. The molecule has 20 heavy (non-hydrogen) atoms. The summed E-state index contributed by atoms with van der Waals surface area (Å²) in [5, 5.41) is 0.386. The SMILES string of the molecule is COc1ccccc1C(C)(N)Cc1ccc(F)cc1Cl. The monoisotopic (exact) mass is 293 g/mol. The maximum atomic E-state index is 13.1. The van der Waals surface area contributed by atoms with Crippen LogP contribution in [0.3, 0.4) is 0 Å². The standard InChI is InChI=1S/C16H17ClFNO/c1-16(19,13-5-3-4-6-15(13)20-2)10-11-7-8-12(18)9-14(11)17/h3-9H,10,19H2,1-2H3. The highest BCUT2D eigenvalue weighted by Gasteiger charge is 2.26. The second-order valence-corrected chi connectivity index (χ2v) is 5.44. The summed E-state index contributed by atoms with van der Waals surface area (Å²) in [4.78, 5) is 0. The zero-order chi connectivity index (χ0) is 14.8. The number of para-hydroxylation sites is 1. The first-order valence-electron chi connectivity index (χ1n) is 6.30. The number of nitrogens with two attached hydrogens (primary N) is 1. The van der Waals surface area contributed by atoms with E-state index in [0.717, 1.165) is 16.9 Å². The molecule has 0 fully saturated rings. The fraction of sp³-hybridized carbons (Fsp3) is 0.250. The van der Waals surface area contributed by atoms with Crippen LogP contribution in [0.5, 0.6) is 5.75 Å². The number of rotatable bonds is 4. The van der Waals surface area contributed by atoms with Crippen molar-refractivity contribution in [1.82, 2.24) is 0 Å². The van der Waals surface area contributed by atoms with E-state index in [2.05, 4.69) is 0 Å². The number of methoxy groups -OCH3 is 1. The van der Waals surface area contributed by atoms with Gasteiger partial charge in [-0.15, -0.1) is 0 Å². The first-order chi connectivity index (χ1) is 9.44. The van der Waals surface area contributed by atoms with Gasteiger partial charge in [-0.05, 0) is 37.1 Å². The van der Waals surface area contributed by atoms with Gasteiger partial charge in [0.25, 0.3) is 0 Å². The molecule has 0 aliphatic heterocycles. The third-order valence-electron chi connectivity index (χ3n) is 3.30. The van der Waals surface area contributed by atoms with Gasteiger partial charge < -0.3 is 10.5 Å². The Kier molecular flexibility index (Phi) is 4.31. The van der Waals surface area contributed by atoms with Crippen molar-refractivity contribution in [3.8, 4) is 5.75 Å². The molecule has 0 spiro atoms. The van der Waals surface area contributed by atoms with Crippen LogP contribution in [-0.4, -0.2) is 7.11 Å². The molecule has 0 saturated carbocycles. The lowest BCUT2D eigenvalue weighted by Crippen LogP contribution is -2.36. The number of halogens is 2. The predicted molar refractivity (Wildman–Crippen MR) is 79.6 cm³/mol. The first kappa shape index (κ1) is 14.8. The van der Waals surface area contributed by atoms with Crippen molar-refractivity contribution in [3.63, 3.8) is 0 Å². The Labute approximate surface area is 123 Å². The van der Waals surface area contributed by atoms with Gasteiger partial charge >= 0.3 is 0 Å². The summed E-state index contributed by atoms with van der Waals surface area (Å²) in [6.45, 7) is 1.91. The van der Waals surface area contributed by atoms with Gasteiger partial charge in [-0.1, -0.05) is 35.9 Å². The fourth-order valence-corrected chi connectivity index (χ4v) is 2.51. The minimum atomic E-state index is -0.659. The van der Waals surface area contributed by atoms with Gasteiger partial charge in [-0.3, -0.25) is 0 Å². The summed E-state index contributed by atoms with van der Waals surface area (Å²) in [6, 6.07) is 12.0. The highest BCUT2D eigenvalue weighted by molar-refractivity contribution is 6.31. The van der Waals surface area contributed by atoms with E-state index in [0.29, 0.717) is 11.4 Å². The molecule has 1 atom stereocenters. The summed E-state index contributed by atoms with van der Waals surface area (Å²) in [7, 11) is 1.61. The molecule has 2 N–H and O–H groups in total. The quantitative estimate of drug-likeness (QED) is 0.928. The molecular weight excluding hydrogens is 277 g/mol. The van der Waals surface area contributed by atoms with Crippen LogP contribution in [0.15, 0.2) is 42.5 Å². The maximum absolute atomic E-state index is 13.1. The Hall–Kier alpha value is -1.58. The Morgan fingerprint density at radius 3 is 2.60 bits per heavy atom. The molecule has 0 heterocycles. The average Bonchev–Trinajstić information content (AvgIpc) is 2.42. The lowest BCUT2D eigenvalue weighted by atomic mass is 9.86. The molecule has 1 unspecified atom stereocenters. The third kappa shape index (κ3) is 3.11. The van der Waals surface area contributed by atoms with Gasteiger partial charge in [-0.25, -0.2) is 4.39 Å². The van der Waals surface area contributed by atoms with Crippen LogP contribution in [0.4, 0.5) is 4.39 Å². The van der Waals surface area contributed by atoms with Crippen LogP contribution < -0.4 is 10.5 Å². The van der Waals surface area contributed by atoms with E-state index in [1.807, 2.05) is 31.2 Å². The van der Waals surface area contributed by atoms with Gasteiger partial charge in [0.15, 0.2) is 0 Å². The van der Waals surface area contributed by atoms with Gasteiger partial charge in [-0.2, -0.15) is 0 Å². The number of hydrogen-bond donors (Lipinski definition) is 1. The van der Waals surface area contributed by atoms with Crippen molar-refractivity contribution >= 4 is 11.6 Å². The van der Waals surface area contributed by atoms with Gasteiger partial charge in [0.2, 0.25) is 0 Å². The molecule has 106 valence electrons. The summed E-state index contributed by atoms with van der Waals surface area (Å²) in [5.74, 6) is 0.380. The Morgan fingerprint density at radius 1 is 1.25 bits per heavy atom. The molecular formula is C16H17ClFNO. The van der Waals surface area contributed by atoms with Crippen molar-refractivity contribution in [3.05, 3.63) is 64.4 Å². The summed E-state index contributed by atoms with van der Waals surface area (Å²) in [6.07, 6.45) is 0.493. The molecule has 2 aromatic rings. The van der Waals surface area contributed by atoms with Crippen LogP contribution in [0.2, 0.25) is 5.02 Å². The lowest BCUT2D eigenvalue weighted by molar-refractivity contribution is 0.386. The zero-order valence-corrected chi connectivity index (χ0v) is 12.2. The lowest BCUT2D eigenvalue weighted by Gasteiger charge is -2.27. The van der Waals surface area contributed by atoms with Crippen molar-refractivity contribution in [2.24, 2.45) is 5.73 Å². The summed E-state index contributed by atoms with van der Waals surface area (Å²) >= 11 is 6.07. The predicted octanol–water partition coefficient (Wildman–Crippen LogP) is 3.90. The van der Waals surface area contributed by atoms with E-state index < -0.39 is 5.54 Å². The molecule has 2 aromatic carbocycles. The smallest absolute Gasteiger partial charge is 0.124 e. The Bertz CT molecular complexity index is 613. The van der Waals surface area contributed by atoms with Crippen molar-refractivity contribution in [1.29, 1.82) is 0 Å².